The normalized spacial score (nSPS) is 17.1. The van der Waals surface area contributed by atoms with Gasteiger partial charge in [-0.05, 0) is 52.7 Å². The second-order valence-electron chi connectivity index (χ2n) is 6.70. The lowest BCUT2D eigenvalue weighted by Gasteiger charge is -2.36. The van der Waals surface area contributed by atoms with Crippen molar-refractivity contribution < 1.29 is 9.53 Å². The van der Waals surface area contributed by atoms with Crippen molar-refractivity contribution in [2.24, 2.45) is 5.41 Å². The molecule has 0 fully saturated rings. The number of likely N-dealkylation sites (N-methyl/N-ethyl adjacent to an activating group) is 1. The molecule has 2 unspecified atom stereocenters. The number of hydrogen-bond donors (Lipinski definition) is 1. The highest BCUT2D eigenvalue weighted by Gasteiger charge is 2.32. The first-order valence-corrected chi connectivity index (χ1v) is 7.06. The first-order chi connectivity index (χ1) is 8.58. The first kappa shape index (κ1) is 18.4. The SMILES string of the molecule is CNC(C)(CCCN(C)C(C)C(C)(C)C)C(=O)OC. The Kier molecular flexibility index (Phi) is 7.01. The van der Waals surface area contributed by atoms with Crippen molar-refractivity contribution in [2.75, 3.05) is 27.7 Å². The molecular weight excluding hydrogens is 240 g/mol. The number of hydrogen-bond acceptors (Lipinski definition) is 4. The van der Waals surface area contributed by atoms with Gasteiger partial charge in [0, 0.05) is 6.04 Å². The van der Waals surface area contributed by atoms with Crippen LogP contribution in [-0.2, 0) is 9.53 Å². The van der Waals surface area contributed by atoms with Crippen LogP contribution in [0.1, 0.15) is 47.5 Å². The fourth-order valence-electron chi connectivity index (χ4n) is 2.09. The summed E-state index contributed by atoms with van der Waals surface area (Å²) < 4.78 is 4.85. The van der Waals surface area contributed by atoms with E-state index in [1.165, 1.54) is 7.11 Å². The molecule has 0 amide bonds. The smallest absolute Gasteiger partial charge is 0.325 e. The topological polar surface area (TPSA) is 41.6 Å². The van der Waals surface area contributed by atoms with Gasteiger partial charge in [-0.15, -0.1) is 0 Å². The molecule has 0 aromatic carbocycles. The Balaban J connectivity index is 4.32. The van der Waals surface area contributed by atoms with Crippen molar-refractivity contribution in [2.45, 2.75) is 59.0 Å². The van der Waals surface area contributed by atoms with E-state index in [4.69, 9.17) is 4.74 Å². The molecule has 1 N–H and O–H groups in total. The first-order valence-electron chi connectivity index (χ1n) is 7.06. The van der Waals surface area contributed by atoms with Crippen molar-refractivity contribution in [3.63, 3.8) is 0 Å². The average molecular weight is 272 g/mol. The molecule has 4 nitrogen and oxygen atoms in total. The Labute approximate surface area is 118 Å². The fourth-order valence-corrected chi connectivity index (χ4v) is 2.09. The van der Waals surface area contributed by atoms with E-state index in [0.717, 1.165) is 19.4 Å². The van der Waals surface area contributed by atoms with Gasteiger partial charge in [0.25, 0.3) is 0 Å². The Morgan fingerprint density at radius 2 is 1.84 bits per heavy atom. The number of esters is 1. The molecule has 114 valence electrons. The minimum Gasteiger partial charge on any atom is -0.468 e. The van der Waals surface area contributed by atoms with Crippen LogP contribution in [0.15, 0.2) is 0 Å². The fraction of sp³-hybridized carbons (Fsp3) is 0.933. The van der Waals surface area contributed by atoms with Crippen molar-refractivity contribution >= 4 is 5.97 Å². The summed E-state index contributed by atoms with van der Waals surface area (Å²) in [5, 5.41) is 3.07. The third-order valence-electron chi connectivity index (χ3n) is 4.29. The quantitative estimate of drug-likeness (QED) is 0.722. The summed E-state index contributed by atoms with van der Waals surface area (Å²) in [6.07, 6.45) is 1.74. The molecule has 0 bridgehead atoms. The Hall–Kier alpha value is -0.610. The van der Waals surface area contributed by atoms with Crippen molar-refractivity contribution in [1.29, 1.82) is 0 Å². The number of carbonyl (C=O) groups excluding carboxylic acids is 1. The third-order valence-corrected chi connectivity index (χ3v) is 4.29. The number of nitrogens with zero attached hydrogens (tertiary/aromatic N) is 1. The minimum absolute atomic E-state index is 0.193. The highest BCUT2D eigenvalue weighted by atomic mass is 16.5. The number of carbonyl (C=O) groups is 1. The van der Waals surface area contributed by atoms with Crippen molar-refractivity contribution in [3.05, 3.63) is 0 Å². The number of nitrogens with one attached hydrogen (secondary N) is 1. The van der Waals surface area contributed by atoms with Gasteiger partial charge in [0.15, 0.2) is 0 Å². The zero-order valence-corrected chi connectivity index (χ0v) is 14.0. The number of rotatable bonds is 7. The van der Waals surface area contributed by atoms with Gasteiger partial charge in [-0.25, -0.2) is 0 Å². The summed E-state index contributed by atoms with van der Waals surface area (Å²) in [6, 6.07) is 0.506. The minimum atomic E-state index is -0.583. The Morgan fingerprint density at radius 3 is 2.21 bits per heavy atom. The molecule has 4 heteroatoms. The molecule has 0 aliphatic rings. The van der Waals surface area contributed by atoms with E-state index in [0.29, 0.717) is 6.04 Å². The van der Waals surface area contributed by atoms with Crippen LogP contribution in [0.3, 0.4) is 0 Å². The average Bonchev–Trinajstić information content (AvgIpc) is 2.35. The van der Waals surface area contributed by atoms with Crippen LogP contribution in [0.4, 0.5) is 0 Å². The predicted molar refractivity (Wildman–Crippen MR) is 80.3 cm³/mol. The summed E-state index contributed by atoms with van der Waals surface area (Å²) in [5.41, 5.74) is -0.316. The lowest BCUT2D eigenvalue weighted by Crippen LogP contribution is -2.49. The molecule has 2 atom stereocenters. The lowest BCUT2D eigenvalue weighted by molar-refractivity contribution is -0.148. The van der Waals surface area contributed by atoms with Gasteiger partial charge >= 0.3 is 5.97 Å². The summed E-state index contributed by atoms with van der Waals surface area (Å²) in [4.78, 5) is 14.1. The second kappa shape index (κ2) is 7.25. The van der Waals surface area contributed by atoms with Crippen LogP contribution in [-0.4, -0.2) is 50.2 Å². The van der Waals surface area contributed by atoms with E-state index >= 15 is 0 Å². The van der Waals surface area contributed by atoms with Crippen LogP contribution in [0.5, 0.6) is 0 Å². The van der Waals surface area contributed by atoms with Crippen molar-refractivity contribution in [3.8, 4) is 0 Å². The Bertz CT molecular complexity index is 286. The molecule has 0 aliphatic carbocycles. The predicted octanol–water partition coefficient (Wildman–Crippen LogP) is 2.28. The number of methoxy groups -OCH3 is 1. The summed E-state index contributed by atoms with van der Waals surface area (Å²) in [5.74, 6) is -0.193. The van der Waals surface area contributed by atoms with Crippen LogP contribution in [0, 0.1) is 5.41 Å². The van der Waals surface area contributed by atoms with Crippen LogP contribution < -0.4 is 5.32 Å². The molecule has 0 spiro atoms. The number of ether oxygens (including phenoxy) is 1. The molecular formula is C15H32N2O2. The molecule has 19 heavy (non-hydrogen) atoms. The molecule has 0 heterocycles. The maximum Gasteiger partial charge on any atom is 0.325 e. The van der Waals surface area contributed by atoms with Crippen molar-refractivity contribution in [1.82, 2.24) is 10.2 Å². The standard InChI is InChI=1S/C15H32N2O2/c1-12(14(2,3)4)17(7)11-9-10-15(5,16-6)13(18)19-8/h12,16H,9-11H2,1-8H3. The van der Waals surface area contributed by atoms with E-state index in [9.17, 15) is 4.79 Å². The molecule has 0 saturated heterocycles. The molecule has 0 aromatic heterocycles. The zero-order valence-electron chi connectivity index (χ0n) is 14.0. The largest absolute Gasteiger partial charge is 0.468 e. The maximum atomic E-state index is 11.7. The molecule has 0 aromatic rings. The van der Waals surface area contributed by atoms with E-state index in [-0.39, 0.29) is 11.4 Å². The van der Waals surface area contributed by atoms with Crippen LogP contribution in [0.25, 0.3) is 0 Å². The maximum absolute atomic E-state index is 11.7. The lowest BCUT2D eigenvalue weighted by atomic mass is 9.87. The zero-order chi connectivity index (χ0) is 15.3. The summed E-state index contributed by atoms with van der Waals surface area (Å²) >= 11 is 0. The van der Waals surface area contributed by atoms with Gasteiger partial charge in [-0.1, -0.05) is 20.8 Å². The van der Waals surface area contributed by atoms with Crippen LogP contribution >= 0.6 is 0 Å². The van der Waals surface area contributed by atoms with Gasteiger partial charge in [0.05, 0.1) is 7.11 Å². The Morgan fingerprint density at radius 1 is 1.32 bits per heavy atom. The highest BCUT2D eigenvalue weighted by Crippen LogP contribution is 2.23. The van der Waals surface area contributed by atoms with Gasteiger partial charge in [-0.2, -0.15) is 0 Å². The third kappa shape index (κ3) is 5.49. The summed E-state index contributed by atoms with van der Waals surface area (Å²) in [6.45, 7) is 11.9. The van der Waals surface area contributed by atoms with E-state index < -0.39 is 5.54 Å². The highest BCUT2D eigenvalue weighted by molar-refractivity contribution is 5.80. The second-order valence-corrected chi connectivity index (χ2v) is 6.70. The summed E-state index contributed by atoms with van der Waals surface area (Å²) in [7, 11) is 5.38. The van der Waals surface area contributed by atoms with E-state index in [1.807, 2.05) is 6.92 Å². The van der Waals surface area contributed by atoms with Gasteiger partial charge in [0.2, 0.25) is 0 Å². The molecule has 0 aliphatic heterocycles. The van der Waals surface area contributed by atoms with Gasteiger partial charge in [0.1, 0.15) is 5.54 Å². The molecule has 0 saturated carbocycles. The van der Waals surface area contributed by atoms with E-state index in [1.54, 1.807) is 7.05 Å². The monoisotopic (exact) mass is 272 g/mol. The van der Waals surface area contributed by atoms with Gasteiger partial charge in [-0.3, -0.25) is 4.79 Å². The molecule has 0 rings (SSSR count). The molecule has 0 radical (unpaired) electrons. The van der Waals surface area contributed by atoms with Crippen LogP contribution in [0.2, 0.25) is 0 Å². The van der Waals surface area contributed by atoms with Gasteiger partial charge < -0.3 is 15.0 Å². The van der Waals surface area contributed by atoms with E-state index in [2.05, 4.69) is 45.0 Å².